The van der Waals surface area contributed by atoms with Gasteiger partial charge in [-0.05, 0) is 43.5 Å². The molecule has 0 atom stereocenters. The van der Waals surface area contributed by atoms with Crippen LogP contribution in [0.3, 0.4) is 0 Å². The van der Waals surface area contributed by atoms with E-state index < -0.39 is 5.91 Å². The summed E-state index contributed by atoms with van der Waals surface area (Å²) in [6, 6.07) is 11.9. The summed E-state index contributed by atoms with van der Waals surface area (Å²) >= 11 is 0. The summed E-state index contributed by atoms with van der Waals surface area (Å²) in [5.74, 6) is -0.624. The van der Waals surface area contributed by atoms with Gasteiger partial charge in [-0.15, -0.1) is 0 Å². The van der Waals surface area contributed by atoms with Gasteiger partial charge in [0.15, 0.2) is 0 Å². The van der Waals surface area contributed by atoms with Crippen molar-refractivity contribution >= 4 is 34.8 Å². The molecule has 3 N–H and O–H groups in total. The van der Waals surface area contributed by atoms with Crippen molar-refractivity contribution in [2.75, 3.05) is 74.6 Å². The third kappa shape index (κ3) is 5.98. The molecule has 2 aliphatic rings. The number of benzene rings is 2. The Balaban J connectivity index is 1.48. The highest BCUT2D eigenvalue weighted by Crippen LogP contribution is 2.32. The fraction of sp³-hybridized carbons (Fsp3) is 0.464. The van der Waals surface area contributed by atoms with E-state index in [1.807, 2.05) is 36.0 Å². The maximum atomic E-state index is 13.1. The summed E-state index contributed by atoms with van der Waals surface area (Å²) in [6.45, 7) is 7.12. The van der Waals surface area contributed by atoms with E-state index in [9.17, 15) is 14.4 Å². The number of nitrogens with zero attached hydrogens (tertiary/aromatic N) is 4. The molecule has 0 aromatic heterocycles. The summed E-state index contributed by atoms with van der Waals surface area (Å²) in [6.07, 6.45) is 2.20. The van der Waals surface area contributed by atoms with Crippen molar-refractivity contribution in [3.05, 3.63) is 53.1 Å². The number of aryl methyl sites for hydroxylation is 1. The maximum Gasteiger partial charge on any atom is 0.253 e. The third-order valence-electron chi connectivity index (χ3n) is 7.24. The van der Waals surface area contributed by atoms with Gasteiger partial charge in [0, 0.05) is 72.0 Å². The fourth-order valence-corrected chi connectivity index (χ4v) is 5.20. The molecule has 2 aliphatic heterocycles. The van der Waals surface area contributed by atoms with Gasteiger partial charge in [-0.2, -0.15) is 0 Å². The summed E-state index contributed by atoms with van der Waals surface area (Å²) in [7, 11) is 3.77. The molecule has 37 heavy (non-hydrogen) atoms. The molecule has 0 saturated carbocycles. The lowest BCUT2D eigenvalue weighted by atomic mass is 10.0. The molecule has 9 nitrogen and oxygen atoms in total. The van der Waals surface area contributed by atoms with E-state index in [-0.39, 0.29) is 11.8 Å². The van der Waals surface area contributed by atoms with Gasteiger partial charge in [0.05, 0.1) is 22.5 Å². The van der Waals surface area contributed by atoms with Crippen LogP contribution in [-0.4, -0.2) is 82.5 Å². The lowest BCUT2D eigenvalue weighted by Gasteiger charge is -2.39. The number of para-hydroxylation sites is 1. The fourth-order valence-electron chi connectivity index (χ4n) is 5.20. The Kier molecular flexibility index (Phi) is 8.21. The number of nitrogens with one attached hydrogen (secondary N) is 1. The highest BCUT2D eigenvalue weighted by molar-refractivity contribution is 6.06. The van der Waals surface area contributed by atoms with Crippen molar-refractivity contribution in [2.24, 2.45) is 5.73 Å². The molecule has 4 rings (SSSR count). The second kappa shape index (κ2) is 11.5. The maximum absolute atomic E-state index is 13.1. The predicted molar refractivity (Wildman–Crippen MR) is 148 cm³/mol. The van der Waals surface area contributed by atoms with Gasteiger partial charge in [-0.3, -0.25) is 14.4 Å². The van der Waals surface area contributed by atoms with E-state index in [2.05, 4.69) is 40.2 Å². The van der Waals surface area contributed by atoms with Crippen LogP contribution in [-0.2, 0) is 4.79 Å². The molecule has 9 heteroatoms. The average Bonchev–Trinajstić information content (AvgIpc) is 3.30. The Morgan fingerprint density at radius 2 is 1.65 bits per heavy atom. The molecule has 2 aromatic carbocycles. The molecule has 0 spiro atoms. The second-order valence-corrected chi connectivity index (χ2v) is 10.00. The minimum atomic E-state index is -0.553. The topological polar surface area (TPSA) is 102 Å². The summed E-state index contributed by atoms with van der Waals surface area (Å²) in [5, 5.41) is 2.95. The number of hydrogen-bond acceptors (Lipinski definition) is 6. The number of primary amides is 1. The van der Waals surface area contributed by atoms with Gasteiger partial charge in [0.1, 0.15) is 0 Å². The highest BCUT2D eigenvalue weighted by atomic mass is 16.2. The van der Waals surface area contributed by atoms with E-state index >= 15 is 0 Å². The zero-order valence-corrected chi connectivity index (χ0v) is 22.1. The van der Waals surface area contributed by atoms with Crippen molar-refractivity contribution < 1.29 is 14.4 Å². The Labute approximate surface area is 219 Å². The van der Waals surface area contributed by atoms with Crippen LogP contribution in [0, 0.1) is 6.92 Å². The van der Waals surface area contributed by atoms with Crippen LogP contribution in [0.4, 0.5) is 17.1 Å². The van der Waals surface area contributed by atoms with Crippen LogP contribution in [0.15, 0.2) is 36.4 Å². The number of carbonyl (C=O) groups is 3. The van der Waals surface area contributed by atoms with Crippen molar-refractivity contribution in [2.45, 2.75) is 26.2 Å². The van der Waals surface area contributed by atoms with Gasteiger partial charge < -0.3 is 30.7 Å². The van der Waals surface area contributed by atoms with Crippen LogP contribution in [0.5, 0.6) is 0 Å². The molecule has 0 unspecified atom stereocenters. The minimum absolute atomic E-state index is 0.183. The SMILES string of the molecule is Cc1ccccc1N1CCN(c2cc(N(C)C)c(C(=O)NCCCN3CCCC3=O)cc2C(N)=O)CC1. The number of piperazine rings is 1. The van der Waals surface area contributed by atoms with E-state index in [1.165, 1.54) is 11.3 Å². The van der Waals surface area contributed by atoms with Crippen molar-refractivity contribution in [1.29, 1.82) is 0 Å². The number of hydrogen-bond donors (Lipinski definition) is 2. The largest absolute Gasteiger partial charge is 0.377 e. The molecule has 0 radical (unpaired) electrons. The Bertz CT molecular complexity index is 1160. The Hall–Kier alpha value is -3.75. The third-order valence-corrected chi connectivity index (χ3v) is 7.24. The summed E-state index contributed by atoms with van der Waals surface area (Å²) in [4.78, 5) is 45.7. The van der Waals surface area contributed by atoms with Crippen molar-refractivity contribution in [3.63, 3.8) is 0 Å². The Morgan fingerprint density at radius 3 is 2.24 bits per heavy atom. The molecule has 2 aromatic rings. The molecule has 2 saturated heterocycles. The van der Waals surface area contributed by atoms with Gasteiger partial charge in [-0.1, -0.05) is 18.2 Å². The van der Waals surface area contributed by atoms with Crippen LogP contribution in [0.25, 0.3) is 0 Å². The van der Waals surface area contributed by atoms with Crippen LogP contribution in [0.2, 0.25) is 0 Å². The van der Waals surface area contributed by atoms with Gasteiger partial charge in [0.2, 0.25) is 5.91 Å². The van der Waals surface area contributed by atoms with Gasteiger partial charge >= 0.3 is 0 Å². The average molecular weight is 507 g/mol. The van der Waals surface area contributed by atoms with Crippen LogP contribution < -0.4 is 25.8 Å². The number of rotatable bonds is 9. The standard InChI is InChI=1S/C28H38N6O3/c1-20-8-4-5-9-23(20)32-14-16-33(17-15-32)25-19-24(31(2)3)22(18-21(25)27(29)36)28(37)30-11-7-13-34-12-6-10-26(34)35/h4-5,8-9,18-19H,6-7,10-17H2,1-3H3,(H2,29,36)(H,30,37). The number of anilines is 3. The van der Waals surface area contributed by atoms with E-state index in [4.69, 9.17) is 5.73 Å². The first kappa shape index (κ1) is 26.3. The van der Waals surface area contributed by atoms with Crippen LogP contribution in [0.1, 0.15) is 45.5 Å². The van der Waals surface area contributed by atoms with Gasteiger partial charge in [0.25, 0.3) is 11.8 Å². The first-order valence-electron chi connectivity index (χ1n) is 13.0. The molecule has 198 valence electrons. The molecule has 2 heterocycles. The number of nitrogens with two attached hydrogens (primary N) is 1. The van der Waals surface area contributed by atoms with E-state index in [0.29, 0.717) is 37.1 Å². The number of likely N-dealkylation sites (tertiary alicyclic amines) is 1. The molecular formula is C28H38N6O3. The normalized spacial score (nSPS) is 15.8. The molecular weight excluding hydrogens is 468 g/mol. The molecule has 2 fully saturated rings. The van der Waals surface area contributed by atoms with E-state index in [0.717, 1.165) is 50.5 Å². The van der Waals surface area contributed by atoms with E-state index in [1.54, 1.807) is 6.07 Å². The number of amides is 3. The second-order valence-electron chi connectivity index (χ2n) is 10.00. The monoisotopic (exact) mass is 506 g/mol. The molecule has 3 amide bonds. The first-order chi connectivity index (χ1) is 17.8. The smallest absolute Gasteiger partial charge is 0.253 e. The zero-order valence-electron chi connectivity index (χ0n) is 22.1. The summed E-state index contributed by atoms with van der Waals surface area (Å²) < 4.78 is 0. The van der Waals surface area contributed by atoms with Crippen molar-refractivity contribution in [3.8, 4) is 0 Å². The Morgan fingerprint density at radius 1 is 0.973 bits per heavy atom. The molecule has 0 aliphatic carbocycles. The van der Waals surface area contributed by atoms with Crippen LogP contribution >= 0.6 is 0 Å². The van der Waals surface area contributed by atoms with Crippen molar-refractivity contribution in [1.82, 2.24) is 10.2 Å². The first-order valence-corrected chi connectivity index (χ1v) is 13.0. The van der Waals surface area contributed by atoms with Gasteiger partial charge in [-0.25, -0.2) is 0 Å². The quantitative estimate of drug-likeness (QED) is 0.506. The lowest BCUT2D eigenvalue weighted by Crippen LogP contribution is -2.47. The minimum Gasteiger partial charge on any atom is -0.377 e. The molecule has 0 bridgehead atoms. The lowest BCUT2D eigenvalue weighted by molar-refractivity contribution is -0.127. The zero-order chi connectivity index (χ0) is 26.5. The predicted octanol–water partition coefficient (Wildman–Crippen LogP) is 2.23. The highest BCUT2D eigenvalue weighted by Gasteiger charge is 2.26. The summed E-state index contributed by atoms with van der Waals surface area (Å²) in [5.41, 5.74) is 10.5. The number of carbonyl (C=O) groups excluding carboxylic acids is 3.